The molecule has 32 heavy (non-hydrogen) atoms. The minimum atomic E-state index is -3.43. The summed E-state index contributed by atoms with van der Waals surface area (Å²) >= 11 is 0. The number of anilines is 1. The summed E-state index contributed by atoms with van der Waals surface area (Å²) in [5, 5.41) is 0. The van der Waals surface area contributed by atoms with Gasteiger partial charge in [-0.3, -0.25) is 9.10 Å². The van der Waals surface area contributed by atoms with Gasteiger partial charge in [-0.05, 0) is 54.8 Å². The standard InChI is InChI=1S/C22H25FN2O6S/c1-14-9-17-11-16(6-7-19(17)25(14)32(4,28)29)22(27)31-13-21(26)24(2)12-15-5-8-20(30-3)18(23)10-15/h5-8,10-11,14H,9,12-13H2,1-4H3. The van der Waals surface area contributed by atoms with Crippen LogP contribution in [0.25, 0.3) is 0 Å². The van der Waals surface area contributed by atoms with Crippen molar-refractivity contribution in [2.75, 3.05) is 31.3 Å². The second kappa shape index (κ2) is 9.15. The average molecular weight is 465 g/mol. The van der Waals surface area contributed by atoms with Gasteiger partial charge >= 0.3 is 5.97 Å². The van der Waals surface area contributed by atoms with Crippen molar-refractivity contribution < 1.29 is 31.9 Å². The first-order valence-electron chi connectivity index (χ1n) is 9.87. The third-order valence-electron chi connectivity index (χ3n) is 5.21. The van der Waals surface area contributed by atoms with Crippen LogP contribution in [-0.2, 0) is 32.5 Å². The molecule has 0 aliphatic carbocycles. The minimum absolute atomic E-state index is 0.111. The maximum absolute atomic E-state index is 13.8. The van der Waals surface area contributed by atoms with E-state index in [0.717, 1.165) is 11.8 Å². The van der Waals surface area contributed by atoms with Gasteiger partial charge in [-0.1, -0.05) is 6.07 Å². The van der Waals surface area contributed by atoms with E-state index in [1.54, 1.807) is 25.1 Å². The Kier molecular flexibility index (Phi) is 6.73. The third-order valence-corrected chi connectivity index (χ3v) is 6.49. The van der Waals surface area contributed by atoms with E-state index < -0.39 is 34.3 Å². The van der Waals surface area contributed by atoms with Gasteiger partial charge in [-0.25, -0.2) is 17.6 Å². The average Bonchev–Trinajstić information content (AvgIpc) is 3.06. The quantitative estimate of drug-likeness (QED) is 0.584. The first-order chi connectivity index (χ1) is 15.0. The third kappa shape index (κ3) is 5.01. The Morgan fingerprint density at radius 1 is 1.22 bits per heavy atom. The first kappa shape index (κ1) is 23.5. The van der Waals surface area contributed by atoms with E-state index in [4.69, 9.17) is 9.47 Å². The second-order valence-electron chi connectivity index (χ2n) is 7.75. The lowest BCUT2D eigenvalue weighted by Crippen LogP contribution is -2.34. The molecule has 3 rings (SSSR count). The highest BCUT2D eigenvalue weighted by molar-refractivity contribution is 7.92. The lowest BCUT2D eigenvalue weighted by atomic mass is 10.1. The lowest BCUT2D eigenvalue weighted by Gasteiger charge is -2.21. The molecule has 0 saturated heterocycles. The van der Waals surface area contributed by atoms with Crippen molar-refractivity contribution in [2.45, 2.75) is 25.9 Å². The van der Waals surface area contributed by atoms with Gasteiger partial charge in [0.05, 0.1) is 24.6 Å². The molecule has 172 valence electrons. The Morgan fingerprint density at radius 2 is 1.94 bits per heavy atom. The highest BCUT2D eigenvalue weighted by Gasteiger charge is 2.33. The zero-order valence-electron chi connectivity index (χ0n) is 18.3. The Bertz CT molecular complexity index is 1150. The molecule has 1 aliphatic rings. The second-order valence-corrected chi connectivity index (χ2v) is 9.61. The fourth-order valence-corrected chi connectivity index (χ4v) is 4.99. The van der Waals surface area contributed by atoms with Crippen LogP contribution in [0, 0.1) is 5.82 Å². The molecule has 0 fully saturated rings. The van der Waals surface area contributed by atoms with Crippen molar-refractivity contribution in [2.24, 2.45) is 0 Å². The molecule has 2 aromatic carbocycles. The van der Waals surface area contributed by atoms with Gasteiger partial charge < -0.3 is 14.4 Å². The largest absolute Gasteiger partial charge is 0.494 e. The number of esters is 1. The number of halogens is 1. The molecule has 0 aromatic heterocycles. The number of rotatable bonds is 7. The van der Waals surface area contributed by atoms with Crippen LogP contribution in [-0.4, -0.2) is 58.3 Å². The topological polar surface area (TPSA) is 93.2 Å². The number of fused-ring (bicyclic) bond motifs is 1. The zero-order chi connectivity index (χ0) is 23.6. The van der Waals surface area contributed by atoms with Crippen LogP contribution in [0.4, 0.5) is 10.1 Å². The summed E-state index contributed by atoms with van der Waals surface area (Å²) in [6.07, 6.45) is 1.62. The summed E-state index contributed by atoms with van der Waals surface area (Å²) in [6.45, 7) is 1.45. The van der Waals surface area contributed by atoms with Crippen molar-refractivity contribution in [1.82, 2.24) is 4.90 Å². The molecule has 1 unspecified atom stereocenters. The summed E-state index contributed by atoms with van der Waals surface area (Å²) in [5.74, 6) is -1.55. The monoisotopic (exact) mass is 464 g/mol. The highest BCUT2D eigenvalue weighted by Crippen LogP contribution is 2.34. The molecule has 8 nitrogen and oxygen atoms in total. The van der Waals surface area contributed by atoms with Crippen LogP contribution < -0.4 is 9.04 Å². The van der Waals surface area contributed by atoms with Gasteiger partial charge in [0.1, 0.15) is 0 Å². The van der Waals surface area contributed by atoms with Crippen molar-refractivity contribution in [3.63, 3.8) is 0 Å². The minimum Gasteiger partial charge on any atom is -0.494 e. The number of carbonyl (C=O) groups excluding carboxylic acids is 2. The highest BCUT2D eigenvalue weighted by atomic mass is 32.2. The molecular formula is C22H25FN2O6S. The Balaban J connectivity index is 1.60. The summed E-state index contributed by atoms with van der Waals surface area (Å²) in [5.41, 5.74) is 2.06. The zero-order valence-corrected chi connectivity index (χ0v) is 19.1. The molecular weight excluding hydrogens is 439 g/mol. The predicted octanol–water partition coefficient (Wildman–Crippen LogP) is 2.36. The van der Waals surface area contributed by atoms with Crippen LogP contribution in [0.15, 0.2) is 36.4 Å². The van der Waals surface area contributed by atoms with Gasteiger partial charge in [-0.15, -0.1) is 0 Å². The van der Waals surface area contributed by atoms with Crippen LogP contribution in [0.1, 0.15) is 28.4 Å². The van der Waals surface area contributed by atoms with E-state index >= 15 is 0 Å². The maximum atomic E-state index is 13.8. The number of amides is 1. The van der Waals surface area contributed by atoms with E-state index in [1.165, 1.54) is 41.6 Å². The number of nitrogens with zero attached hydrogens (tertiary/aromatic N) is 2. The Labute approximate surface area is 186 Å². The van der Waals surface area contributed by atoms with Crippen molar-refractivity contribution in [3.8, 4) is 5.75 Å². The van der Waals surface area contributed by atoms with Gasteiger partial charge in [0.15, 0.2) is 18.2 Å². The van der Waals surface area contributed by atoms with Gasteiger partial charge in [0.2, 0.25) is 10.0 Å². The normalized spacial score (nSPS) is 15.3. The molecule has 0 radical (unpaired) electrons. The number of hydrogen-bond acceptors (Lipinski definition) is 6. The molecule has 0 N–H and O–H groups in total. The molecule has 0 saturated carbocycles. The van der Waals surface area contributed by atoms with E-state index in [0.29, 0.717) is 17.7 Å². The molecule has 10 heteroatoms. The van der Waals surface area contributed by atoms with E-state index in [2.05, 4.69) is 0 Å². The van der Waals surface area contributed by atoms with Crippen molar-refractivity contribution >= 4 is 27.6 Å². The number of sulfonamides is 1. The molecule has 0 bridgehead atoms. The van der Waals surface area contributed by atoms with Crippen molar-refractivity contribution in [1.29, 1.82) is 0 Å². The number of benzene rings is 2. The van der Waals surface area contributed by atoms with E-state index in [9.17, 15) is 22.4 Å². The van der Waals surface area contributed by atoms with E-state index in [-0.39, 0.29) is 23.9 Å². The molecule has 1 aliphatic heterocycles. The van der Waals surface area contributed by atoms with Gasteiger partial charge in [0.25, 0.3) is 5.91 Å². The fourth-order valence-electron chi connectivity index (χ4n) is 3.73. The number of carbonyl (C=O) groups is 2. The first-order valence-corrected chi connectivity index (χ1v) is 11.7. The summed E-state index contributed by atoms with van der Waals surface area (Å²) in [6, 6.07) is 8.79. The number of hydrogen-bond donors (Lipinski definition) is 0. The number of ether oxygens (including phenoxy) is 2. The Hall–Kier alpha value is -3.14. The molecule has 0 spiro atoms. The molecule has 1 heterocycles. The molecule has 1 atom stereocenters. The lowest BCUT2D eigenvalue weighted by molar-refractivity contribution is -0.133. The van der Waals surface area contributed by atoms with Crippen LogP contribution >= 0.6 is 0 Å². The smallest absolute Gasteiger partial charge is 0.338 e. The number of methoxy groups -OCH3 is 1. The molecule has 2 aromatic rings. The van der Waals surface area contributed by atoms with Crippen LogP contribution in [0.5, 0.6) is 5.75 Å². The van der Waals surface area contributed by atoms with Crippen LogP contribution in [0.3, 0.4) is 0 Å². The van der Waals surface area contributed by atoms with Gasteiger partial charge in [-0.2, -0.15) is 0 Å². The fraction of sp³-hybridized carbons (Fsp3) is 0.364. The number of likely N-dealkylation sites (N-methyl/N-ethyl adjacent to an activating group) is 1. The summed E-state index contributed by atoms with van der Waals surface area (Å²) in [7, 11) is -0.536. The van der Waals surface area contributed by atoms with E-state index in [1.807, 2.05) is 0 Å². The van der Waals surface area contributed by atoms with Crippen molar-refractivity contribution in [3.05, 3.63) is 58.9 Å². The summed E-state index contributed by atoms with van der Waals surface area (Å²) < 4.78 is 49.2. The summed E-state index contributed by atoms with van der Waals surface area (Å²) in [4.78, 5) is 26.1. The maximum Gasteiger partial charge on any atom is 0.338 e. The SMILES string of the molecule is COc1ccc(CN(C)C(=O)COC(=O)c2ccc3c(c2)CC(C)N3S(C)(=O)=O)cc1F. The Morgan fingerprint density at radius 3 is 2.56 bits per heavy atom. The molecule has 1 amide bonds. The predicted molar refractivity (Wildman–Crippen MR) is 117 cm³/mol. The van der Waals surface area contributed by atoms with Crippen LogP contribution in [0.2, 0.25) is 0 Å². The van der Waals surface area contributed by atoms with Gasteiger partial charge in [0, 0.05) is 19.6 Å².